The van der Waals surface area contributed by atoms with Crippen molar-refractivity contribution < 1.29 is 9.13 Å². The number of rotatable bonds is 4. The minimum atomic E-state index is -1.49. The van der Waals surface area contributed by atoms with Crippen LogP contribution >= 0.6 is 11.8 Å². The lowest BCUT2D eigenvalue weighted by atomic mass is 10.5. The Kier molecular flexibility index (Phi) is 4.57. The van der Waals surface area contributed by atoms with Crippen LogP contribution in [0.3, 0.4) is 0 Å². The van der Waals surface area contributed by atoms with Gasteiger partial charge in [-0.1, -0.05) is 0 Å². The van der Waals surface area contributed by atoms with Gasteiger partial charge in [0.05, 0.1) is 19.0 Å². The molecule has 0 saturated carbocycles. The summed E-state index contributed by atoms with van der Waals surface area (Å²) < 4.78 is 13.4. The Hall–Kier alpha value is -2.01. The molecule has 1 aromatic rings. The highest BCUT2D eigenvalue weighted by atomic mass is 32.2. The number of imidazole rings is 1. The van der Waals surface area contributed by atoms with Crippen LogP contribution in [0.4, 0.5) is 5.82 Å². The van der Waals surface area contributed by atoms with E-state index in [1.807, 2.05) is 16.8 Å². The van der Waals surface area contributed by atoms with Crippen LogP contribution in [0.1, 0.15) is 5.82 Å². The Balaban J connectivity index is 1.79. The number of hydrogen-bond acceptors (Lipinski definition) is 8. The lowest BCUT2D eigenvalue weighted by molar-refractivity contribution is -0.391. The molecule has 2 aliphatic heterocycles. The number of allylic oxidation sites excluding steroid dienone is 1. The molecule has 0 bridgehead atoms. The summed E-state index contributed by atoms with van der Waals surface area (Å²) in [6.45, 7) is 1.75. The molecule has 122 valence electrons. The van der Waals surface area contributed by atoms with Gasteiger partial charge in [-0.2, -0.15) is 16.9 Å². The van der Waals surface area contributed by atoms with E-state index >= 15 is 0 Å². The second kappa shape index (κ2) is 6.62. The lowest BCUT2D eigenvalue weighted by Gasteiger charge is -2.22. The topological polar surface area (TPSA) is 106 Å². The fourth-order valence-corrected chi connectivity index (χ4v) is 4.03. The Morgan fingerprint density at radius 3 is 2.87 bits per heavy atom. The van der Waals surface area contributed by atoms with Gasteiger partial charge in [-0.15, -0.1) is 0 Å². The average Bonchev–Trinajstić information content (AvgIpc) is 3.09. The number of aromatic nitrogens is 2. The molecule has 2 aliphatic rings. The van der Waals surface area contributed by atoms with Gasteiger partial charge in [0.15, 0.2) is 5.04 Å². The second-order valence-electron chi connectivity index (χ2n) is 4.82. The number of hydrazone groups is 1. The predicted octanol–water partition coefficient (Wildman–Crippen LogP) is 0.713. The predicted molar refractivity (Wildman–Crippen MR) is 90.0 cm³/mol. The van der Waals surface area contributed by atoms with E-state index in [9.17, 15) is 14.3 Å². The van der Waals surface area contributed by atoms with Crippen LogP contribution in [0.5, 0.6) is 0 Å². The van der Waals surface area contributed by atoms with E-state index in [1.54, 1.807) is 6.21 Å². The smallest absolute Gasteiger partial charge is 0.342 e. The van der Waals surface area contributed by atoms with Crippen molar-refractivity contribution in [2.45, 2.75) is 0 Å². The molecule has 23 heavy (non-hydrogen) atoms. The Morgan fingerprint density at radius 1 is 1.48 bits per heavy atom. The third-order valence-electron chi connectivity index (χ3n) is 3.33. The van der Waals surface area contributed by atoms with Gasteiger partial charge in [0, 0.05) is 30.0 Å². The first kappa shape index (κ1) is 15.9. The minimum Gasteiger partial charge on any atom is -0.358 e. The molecule has 1 unspecified atom stereocenters. The van der Waals surface area contributed by atoms with Gasteiger partial charge in [-0.3, -0.25) is 5.01 Å². The van der Waals surface area contributed by atoms with Crippen molar-refractivity contribution in [1.29, 1.82) is 0 Å². The van der Waals surface area contributed by atoms with Crippen molar-refractivity contribution in [3.05, 3.63) is 33.2 Å². The van der Waals surface area contributed by atoms with Crippen molar-refractivity contribution in [2.24, 2.45) is 17.1 Å². The molecule has 0 aromatic carbocycles. The van der Waals surface area contributed by atoms with Crippen LogP contribution in [0.2, 0.25) is 0 Å². The Bertz CT molecular complexity index is 748. The minimum absolute atomic E-state index is 0.173. The van der Waals surface area contributed by atoms with Crippen LogP contribution in [0.15, 0.2) is 27.4 Å². The molecule has 0 aliphatic carbocycles. The summed E-state index contributed by atoms with van der Waals surface area (Å²) >= 11 is 1.89. The number of thioether (sulfide) groups is 1. The summed E-state index contributed by atoms with van der Waals surface area (Å²) in [5.74, 6) is 2.12. The van der Waals surface area contributed by atoms with Gasteiger partial charge < -0.3 is 10.1 Å². The third-order valence-corrected chi connectivity index (χ3v) is 5.38. The highest BCUT2D eigenvalue weighted by Gasteiger charge is 2.27. The van der Waals surface area contributed by atoms with Crippen molar-refractivity contribution >= 4 is 39.6 Å². The Morgan fingerprint density at radius 2 is 2.22 bits per heavy atom. The standard InChI is InChI=1S/C12H14N6O3S2/c1-16-10(18(19)20)7-13-11(16)12-15-9(8-23(12)21)6-14-17-2-4-22-5-3-17/h6-8H,2-5H2,1H3. The van der Waals surface area contributed by atoms with Gasteiger partial charge in [-0.25, -0.2) is 18.8 Å². The molecular formula is C12H14N6O3S2. The third kappa shape index (κ3) is 3.34. The highest BCUT2D eigenvalue weighted by molar-refractivity contribution is 8.04. The maximum absolute atomic E-state index is 12.2. The zero-order valence-corrected chi connectivity index (χ0v) is 13.9. The van der Waals surface area contributed by atoms with E-state index in [0.29, 0.717) is 5.70 Å². The van der Waals surface area contributed by atoms with Gasteiger partial charge >= 0.3 is 5.82 Å². The molecule has 0 N–H and O–H groups in total. The van der Waals surface area contributed by atoms with E-state index in [0.717, 1.165) is 30.8 Å². The molecular weight excluding hydrogens is 340 g/mol. The van der Waals surface area contributed by atoms with Gasteiger partial charge in [0.2, 0.25) is 0 Å². The maximum Gasteiger partial charge on any atom is 0.342 e. The van der Waals surface area contributed by atoms with Crippen molar-refractivity contribution in [2.75, 3.05) is 24.6 Å². The molecule has 0 amide bonds. The molecule has 0 spiro atoms. The molecule has 3 rings (SSSR count). The molecule has 1 saturated heterocycles. The lowest BCUT2D eigenvalue weighted by Crippen LogP contribution is -2.27. The first-order valence-corrected chi connectivity index (χ1v) is 9.17. The molecule has 1 atom stereocenters. The highest BCUT2D eigenvalue weighted by Crippen LogP contribution is 2.19. The number of hydrogen-bond donors (Lipinski definition) is 0. The summed E-state index contributed by atoms with van der Waals surface area (Å²) in [6, 6.07) is 0. The molecule has 3 heterocycles. The van der Waals surface area contributed by atoms with Gasteiger partial charge in [0.1, 0.15) is 17.0 Å². The SMILES string of the molecule is Cn1c([N+](=O)[O-])cnc1C1=NC(C=NN2CCSCC2)=CS1=O. The number of nitro groups is 1. The summed E-state index contributed by atoms with van der Waals surface area (Å²) in [6.07, 6.45) is 2.70. The maximum atomic E-state index is 12.2. The number of aliphatic imine (C=N–C) groups is 1. The van der Waals surface area contributed by atoms with E-state index < -0.39 is 15.7 Å². The van der Waals surface area contributed by atoms with Crippen LogP contribution in [-0.2, 0) is 17.8 Å². The molecule has 0 radical (unpaired) electrons. The van der Waals surface area contributed by atoms with Crippen LogP contribution in [-0.4, -0.2) is 59.5 Å². The van der Waals surface area contributed by atoms with E-state index in [4.69, 9.17) is 0 Å². The second-order valence-corrected chi connectivity index (χ2v) is 7.27. The van der Waals surface area contributed by atoms with Gasteiger partial charge in [-0.05, 0) is 4.92 Å². The first-order valence-electron chi connectivity index (χ1n) is 6.80. The fourth-order valence-electron chi connectivity index (χ4n) is 2.13. The van der Waals surface area contributed by atoms with Gasteiger partial charge in [0.25, 0.3) is 5.82 Å². The van der Waals surface area contributed by atoms with E-state index in [-0.39, 0.29) is 16.7 Å². The zero-order chi connectivity index (χ0) is 16.4. The molecule has 1 fully saturated rings. The Labute approximate surface area is 138 Å². The fraction of sp³-hybridized carbons (Fsp3) is 0.417. The molecule has 9 nitrogen and oxygen atoms in total. The average molecular weight is 354 g/mol. The molecule has 1 aromatic heterocycles. The summed E-state index contributed by atoms with van der Waals surface area (Å²) in [5.41, 5.74) is 0.474. The molecule has 11 heteroatoms. The van der Waals surface area contributed by atoms with Crippen LogP contribution < -0.4 is 0 Å². The van der Waals surface area contributed by atoms with E-state index in [2.05, 4.69) is 15.1 Å². The monoisotopic (exact) mass is 354 g/mol. The normalized spacial score (nSPS) is 21.6. The van der Waals surface area contributed by atoms with Crippen LogP contribution in [0.25, 0.3) is 0 Å². The van der Waals surface area contributed by atoms with Crippen molar-refractivity contribution in [3.63, 3.8) is 0 Å². The summed E-state index contributed by atoms with van der Waals surface area (Å²) in [5, 5.41) is 18.8. The summed E-state index contributed by atoms with van der Waals surface area (Å²) in [4.78, 5) is 18.5. The van der Waals surface area contributed by atoms with Crippen molar-refractivity contribution in [1.82, 2.24) is 14.6 Å². The quantitative estimate of drug-likeness (QED) is 0.448. The van der Waals surface area contributed by atoms with Crippen molar-refractivity contribution in [3.8, 4) is 0 Å². The number of nitrogens with zero attached hydrogens (tertiary/aromatic N) is 6. The van der Waals surface area contributed by atoms with Crippen LogP contribution in [0, 0.1) is 10.1 Å². The largest absolute Gasteiger partial charge is 0.358 e. The zero-order valence-electron chi connectivity index (χ0n) is 12.3. The first-order chi connectivity index (χ1) is 11.1. The summed E-state index contributed by atoms with van der Waals surface area (Å²) in [7, 11) is 0.00757. The van der Waals surface area contributed by atoms with E-state index in [1.165, 1.54) is 17.0 Å².